The van der Waals surface area contributed by atoms with E-state index < -0.39 is 41.3 Å². The summed E-state index contributed by atoms with van der Waals surface area (Å²) in [5.41, 5.74) is -3.80. The van der Waals surface area contributed by atoms with Gasteiger partial charge in [-0.25, -0.2) is 0 Å². The van der Waals surface area contributed by atoms with Crippen molar-refractivity contribution in [3.8, 4) is 0 Å². The summed E-state index contributed by atoms with van der Waals surface area (Å²) >= 11 is 5.79. The van der Waals surface area contributed by atoms with Crippen LogP contribution in [0.5, 0.6) is 0 Å². The summed E-state index contributed by atoms with van der Waals surface area (Å²) in [4.78, 5) is 0. The number of quaternary nitrogens is 1. The fourth-order valence-electron chi connectivity index (χ4n) is 3.24. The topological polar surface area (TPSA) is 25.8 Å². The van der Waals surface area contributed by atoms with E-state index in [-0.39, 0.29) is 13.0 Å². The van der Waals surface area contributed by atoms with E-state index in [2.05, 4.69) is 0 Å². The maximum atomic E-state index is 13.0. The third kappa shape index (κ3) is 1.94. The van der Waals surface area contributed by atoms with Crippen LogP contribution in [0.1, 0.15) is 13.3 Å². The molecule has 0 aromatic carbocycles. The summed E-state index contributed by atoms with van der Waals surface area (Å²) in [5.74, 6) is -1.71. The Balaban J connectivity index is 2.37. The third-order valence-corrected chi connectivity index (χ3v) is 4.62. The number of alkyl halides is 7. The van der Waals surface area contributed by atoms with Crippen LogP contribution >= 0.6 is 11.6 Å². The number of ether oxygens (including phenoxy) is 1. The predicted octanol–water partition coefficient (Wildman–Crippen LogP) is 1.83. The predicted molar refractivity (Wildman–Crippen MR) is 53.7 cm³/mol. The van der Waals surface area contributed by atoms with Crippen LogP contribution in [0.3, 0.4) is 0 Å². The first-order valence-corrected chi connectivity index (χ1v) is 6.25. The van der Waals surface area contributed by atoms with Crippen LogP contribution < -0.4 is 5.32 Å². The maximum absolute atomic E-state index is 13.0. The average molecular weight is 313 g/mol. The van der Waals surface area contributed by atoms with E-state index in [4.69, 9.17) is 16.3 Å². The molecule has 0 radical (unpaired) electrons. The minimum Gasteiger partial charge on any atom is -0.372 e. The zero-order valence-corrected chi connectivity index (χ0v) is 10.6. The lowest BCUT2D eigenvalue weighted by Gasteiger charge is -2.39. The van der Waals surface area contributed by atoms with Crippen molar-refractivity contribution in [3.63, 3.8) is 0 Å². The highest BCUT2D eigenvalue weighted by molar-refractivity contribution is 6.21. The molecule has 0 aromatic heterocycles. The van der Waals surface area contributed by atoms with E-state index >= 15 is 0 Å². The van der Waals surface area contributed by atoms with Crippen molar-refractivity contribution >= 4 is 11.6 Å². The van der Waals surface area contributed by atoms with Gasteiger partial charge in [-0.15, -0.1) is 11.6 Å². The number of piperidine rings is 1. The Hall–Kier alpha value is -0.210. The van der Waals surface area contributed by atoms with Crippen LogP contribution in [0.15, 0.2) is 0 Å². The zero-order chi connectivity index (χ0) is 14.6. The summed E-state index contributed by atoms with van der Waals surface area (Å²) in [6, 6.07) is -1.02. The van der Waals surface area contributed by atoms with Crippen LogP contribution in [0.2, 0.25) is 0 Å². The van der Waals surface area contributed by atoms with E-state index in [1.54, 1.807) is 6.92 Å². The van der Waals surface area contributed by atoms with Crippen molar-refractivity contribution in [2.24, 2.45) is 5.92 Å². The average Bonchev–Trinajstić information content (AvgIpc) is 2.68. The first kappa shape index (κ1) is 15.2. The molecule has 2 bridgehead atoms. The Morgan fingerprint density at radius 3 is 2.05 bits per heavy atom. The van der Waals surface area contributed by atoms with E-state index in [1.165, 1.54) is 0 Å². The maximum Gasteiger partial charge on any atom is 0.454 e. The van der Waals surface area contributed by atoms with E-state index in [1.807, 2.05) is 0 Å². The molecule has 1 heterocycles. The van der Waals surface area contributed by atoms with E-state index in [9.17, 15) is 26.3 Å². The molecule has 4 unspecified atom stereocenters. The lowest BCUT2D eigenvalue weighted by atomic mass is 9.82. The Morgan fingerprint density at radius 1 is 1.21 bits per heavy atom. The molecular formula is C10H13ClF6NO+. The fraction of sp³-hybridized carbons (Fsp3) is 1.00. The lowest BCUT2D eigenvalue weighted by molar-refractivity contribution is -0.800. The Bertz CT molecular complexity index is 343. The van der Waals surface area contributed by atoms with Gasteiger partial charge in [-0.3, -0.25) is 0 Å². The summed E-state index contributed by atoms with van der Waals surface area (Å²) in [7, 11) is 0. The standard InChI is InChI=1S/C10H12ClF6NO/c1-2-19-5-3-4-6(11)7(5)18-8(4,9(12,13)14)10(15,16)17/h4-7,18H,2-3H2,1H3/p+1. The Labute approximate surface area is 110 Å². The second-order valence-electron chi connectivity index (χ2n) is 4.89. The second kappa shape index (κ2) is 4.39. The number of nitrogens with two attached hydrogens (primary N) is 1. The lowest BCUT2D eigenvalue weighted by Crippen LogP contribution is -3.07. The number of fused-ring (bicyclic) bond motifs is 2. The molecule has 2 rings (SSSR count). The number of halogens is 7. The molecule has 1 aliphatic heterocycles. The highest BCUT2D eigenvalue weighted by Crippen LogP contribution is 2.54. The first-order chi connectivity index (χ1) is 8.56. The number of rotatable bonds is 2. The SMILES string of the molecule is CCOC1CC2C(Cl)C1[NH2+]C2(C(F)(F)F)C(F)(F)F. The van der Waals surface area contributed by atoms with Gasteiger partial charge in [0.25, 0.3) is 5.54 Å². The Kier molecular flexibility index (Phi) is 3.51. The van der Waals surface area contributed by atoms with Gasteiger partial charge in [0.1, 0.15) is 12.1 Å². The minimum absolute atomic E-state index is 0.233. The molecule has 0 amide bonds. The normalized spacial score (nSPS) is 37.9. The van der Waals surface area contributed by atoms with Gasteiger partial charge in [0.05, 0.1) is 11.3 Å². The van der Waals surface area contributed by atoms with Gasteiger partial charge in [0.15, 0.2) is 0 Å². The van der Waals surface area contributed by atoms with Crippen molar-refractivity contribution in [2.45, 2.75) is 48.8 Å². The third-order valence-electron chi connectivity index (χ3n) is 4.03. The van der Waals surface area contributed by atoms with Gasteiger partial charge in [-0.2, -0.15) is 26.3 Å². The summed E-state index contributed by atoms with van der Waals surface area (Å²) in [6.45, 7) is 1.87. The highest BCUT2D eigenvalue weighted by Gasteiger charge is 2.85. The smallest absolute Gasteiger partial charge is 0.372 e. The molecule has 19 heavy (non-hydrogen) atoms. The van der Waals surface area contributed by atoms with Gasteiger partial charge < -0.3 is 10.1 Å². The minimum atomic E-state index is -5.39. The molecule has 4 atom stereocenters. The molecule has 2 aliphatic rings. The molecule has 1 saturated carbocycles. The largest absolute Gasteiger partial charge is 0.454 e. The zero-order valence-electron chi connectivity index (χ0n) is 9.85. The summed E-state index contributed by atoms with van der Waals surface area (Å²) in [6.07, 6.45) is -11.8. The van der Waals surface area contributed by atoms with Crippen LogP contribution in [-0.4, -0.2) is 42.0 Å². The van der Waals surface area contributed by atoms with Gasteiger partial charge >= 0.3 is 12.4 Å². The van der Waals surface area contributed by atoms with Crippen molar-refractivity contribution in [2.75, 3.05) is 6.61 Å². The second-order valence-corrected chi connectivity index (χ2v) is 5.39. The van der Waals surface area contributed by atoms with Gasteiger partial charge in [-0.05, 0) is 13.3 Å². The molecule has 1 aliphatic carbocycles. The highest BCUT2D eigenvalue weighted by atomic mass is 35.5. The van der Waals surface area contributed by atoms with Crippen LogP contribution in [0.25, 0.3) is 0 Å². The quantitative estimate of drug-likeness (QED) is 0.611. The van der Waals surface area contributed by atoms with Crippen LogP contribution in [0.4, 0.5) is 26.3 Å². The van der Waals surface area contributed by atoms with Crippen LogP contribution in [0, 0.1) is 5.92 Å². The van der Waals surface area contributed by atoms with Gasteiger partial charge in [-0.1, -0.05) is 0 Å². The molecular weight excluding hydrogens is 300 g/mol. The molecule has 112 valence electrons. The monoisotopic (exact) mass is 312 g/mol. The molecule has 2 nitrogen and oxygen atoms in total. The van der Waals surface area contributed by atoms with Gasteiger partial charge in [0.2, 0.25) is 0 Å². The van der Waals surface area contributed by atoms with Gasteiger partial charge in [0, 0.05) is 6.61 Å². The van der Waals surface area contributed by atoms with E-state index in [0.29, 0.717) is 5.32 Å². The molecule has 9 heteroatoms. The van der Waals surface area contributed by atoms with E-state index in [0.717, 1.165) is 0 Å². The molecule has 0 aromatic rings. The number of hydrogen-bond donors (Lipinski definition) is 1. The summed E-state index contributed by atoms with van der Waals surface area (Å²) in [5, 5.41) is -0.876. The molecule has 0 spiro atoms. The van der Waals surface area contributed by atoms with Crippen molar-refractivity contribution in [1.82, 2.24) is 0 Å². The van der Waals surface area contributed by atoms with Crippen molar-refractivity contribution in [1.29, 1.82) is 0 Å². The van der Waals surface area contributed by atoms with Crippen molar-refractivity contribution in [3.05, 3.63) is 0 Å². The molecule has 2 fully saturated rings. The van der Waals surface area contributed by atoms with Crippen molar-refractivity contribution < 1.29 is 36.4 Å². The first-order valence-electron chi connectivity index (χ1n) is 5.81. The Morgan fingerprint density at radius 2 is 1.74 bits per heavy atom. The summed E-state index contributed by atoms with van der Waals surface area (Å²) < 4.78 is 83.2. The fourth-order valence-corrected chi connectivity index (χ4v) is 3.77. The van der Waals surface area contributed by atoms with Crippen LogP contribution in [-0.2, 0) is 4.74 Å². The molecule has 2 N–H and O–H groups in total. The molecule has 1 saturated heterocycles. The number of hydrogen-bond acceptors (Lipinski definition) is 1.